The molecule has 1 aliphatic rings. The standard InChI is InChI=1S/C16H20N2O2/c1-2-16(6-3-7-16)10-18-15(19)14-9-11-8-12(17)4-5-13(11)20-14/h4-5,8-9H,2-3,6-7,10,17H2,1H3,(H,18,19). The molecule has 0 unspecified atom stereocenters. The molecule has 3 N–H and O–H groups in total. The van der Waals surface area contributed by atoms with E-state index < -0.39 is 0 Å². The number of carbonyl (C=O) groups is 1. The van der Waals surface area contributed by atoms with Crippen molar-refractivity contribution < 1.29 is 9.21 Å². The molecular weight excluding hydrogens is 252 g/mol. The third-order valence-corrected chi connectivity index (χ3v) is 4.55. The first-order valence-corrected chi connectivity index (χ1v) is 7.19. The first-order valence-electron chi connectivity index (χ1n) is 7.19. The van der Waals surface area contributed by atoms with E-state index in [-0.39, 0.29) is 5.91 Å². The van der Waals surface area contributed by atoms with Gasteiger partial charge in [-0.05, 0) is 48.9 Å². The molecule has 20 heavy (non-hydrogen) atoms. The second kappa shape index (κ2) is 4.85. The van der Waals surface area contributed by atoms with Gasteiger partial charge < -0.3 is 15.5 Å². The topological polar surface area (TPSA) is 68.3 Å². The lowest BCUT2D eigenvalue weighted by Crippen LogP contribution is -2.41. The zero-order valence-corrected chi connectivity index (χ0v) is 11.7. The zero-order valence-electron chi connectivity index (χ0n) is 11.7. The van der Waals surface area contributed by atoms with Crippen LogP contribution in [0.1, 0.15) is 43.2 Å². The third-order valence-electron chi connectivity index (χ3n) is 4.55. The number of anilines is 1. The first-order chi connectivity index (χ1) is 9.62. The van der Waals surface area contributed by atoms with E-state index in [0.29, 0.717) is 22.4 Å². The minimum atomic E-state index is -0.139. The lowest BCUT2D eigenvalue weighted by molar-refractivity contribution is 0.0827. The molecule has 1 amide bonds. The summed E-state index contributed by atoms with van der Waals surface area (Å²) in [5.74, 6) is 0.218. The summed E-state index contributed by atoms with van der Waals surface area (Å²) in [6.07, 6.45) is 4.80. The Morgan fingerprint density at radius 3 is 2.85 bits per heavy atom. The Kier molecular flexibility index (Phi) is 3.16. The average molecular weight is 272 g/mol. The van der Waals surface area contributed by atoms with Crippen molar-refractivity contribution in [2.45, 2.75) is 32.6 Å². The van der Waals surface area contributed by atoms with E-state index in [9.17, 15) is 4.79 Å². The number of hydrogen-bond donors (Lipinski definition) is 2. The lowest BCUT2D eigenvalue weighted by atomic mass is 9.67. The molecule has 2 aromatic rings. The van der Waals surface area contributed by atoms with Crippen LogP contribution < -0.4 is 11.1 Å². The molecular formula is C16H20N2O2. The molecule has 1 aromatic carbocycles. The van der Waals surface area contributed by atoms with Gasteiger partial charge in [0.05, 0.1) is 0 Å². The summed E-state index contributed by atoms with van der Waals surface area (Å²) in [5, 5.41) is 3.87. The molecule has 0 atom stereocenters. The van der Waals surface area contributed by atoms with Gasteiger partial charge >= 0.3 is 0 Å². The molecule has 106 valence electrons. The molecule has 4 nitrogen and oxygen atoms in total. The molecule has 1 fully saturated rings. The van der Waals surface area contributed by atoms with Crippen LogP contribution in [-0.2, 0) is 0 Å². The van der Waals surface area contributed by atoms with Gasteiger partial charge in [0.2, 0.25) is 0 Å². The number of fused-ring (bicyclic) bond motifs is 1. The third kappa shape index (κ3) is 2.26. The Balaban J connectivity index is 1.72. The van der Waals surface area contributed by atoms with Crippen LogP contribution in [0.2, 0.25) is 0 Å². The van der Waals surface area contributed by atoms with Gasteiger partial charge in [-0.15, -0.1) is 0 Å². The van der Waals surface area contributed by atoms with E-state index in [2.05, 4.69) is 12.2 Å². The fraction of sp³-hybridized carbons (Fsp3) is 0.438. The average Bonchev–Trinajstić information content (AvgIpc) is 2.80. The van der Waals surface area contributed by atoms with Crippen molar-refractivity contribution in [3.63, 3.8) is 0 Å². The van der Waals surface area contributed by atoms with Gasteiger partial charge in [-0.2, -0.15) is 0 Å². The van der Waals surface area contributed by atoms with Crippen molar-refractivity contribution in [3.8, 4) is 0 Å². The Morgan fingerprint density at radius 1 is 1.40 bits per heavy atom. The first kappa shape index (κ1) is 13.0. The van der Waals surface area contributed by atoms with E-state index in [4.69, 9.17) is 10.2 Å². The van der Waals surface area contributed by atoms with Crippen molar-refractivity contribution in [3.05, 3.63) is 30.0 Å². The normalized spacial score (nSPS) is 16.9. The Labute approximate surface area is 118 Å². The van der Waals surface area contributed by atoms with Crippen LogP contribution in [0.5, 0.6) is 0 Å². The van der Waals surface area contributed by atoms with Gasteiger partial charge in [0, 0.05) is 17.6 Å². The Hall–Kier alpha value is -1.97. The van der Waals surface area contributed by atoms with E-state index >= 15 is 0 Å². The van der Waals surface area contributed by atoms with Crippen LogP contribution in [0, 0.1) is 5.41 Å². The summed E-state index contributed by atoms with van der Waals surface area (Å²) in [6.45, 7) is 2.93. The van der Waals surface area contributed by atoms with Crippen molar-refractivity contribution in [2.75, 3.05) is 12.3 Å². The van der Waals surface area contributed by atoms with Crippen molar-refractivity contribution in [1.82, 2.24) is 5.32 Å². The molecule has 1 saturated carbocycles. The number of carbonyl (C=O) groups excluding carboxylic acids is 1. The summed E-state index contributed by atoms with van der Waals surface area (Å²) in [4.78, 5) is 12.2. The van der Waals surface area contributed by atoms with Crippen LogP contribution in [0.3, 0.4) is 0 Å². The molecule has 0 radical (unpaired) electrons. The van der Waals surface area contributed by atoms with E-state index in [1.807, 2.05) is 6.07 Å². The van der Waals surface area contributed by atoms with Crippen molar-refractivity contribution in [1.29, 1.82) is 0 Å². The maximum atomic E-state index is 12.2. The molecule has 4 heteroatoms. The highest BCUT2D eigenvalue weighted by Gasteiger charge is 2.35. The van der Waals surface area contributed by atoms with Gasteiger partial charge in [-0.1, -0.05) is 13.3 Å². The van der Waals surface area contributed by atoms with Gasteiger partial charge in [-0.3, -0.25) is 4.79 Å². The van der Waals surface area contributed by atoms with Crippen LogP contribution in [0.25, 0.3) is 11.0 Å². The van der Waals surface area contributed by atoms with Crippen molar-refractivity contribution in [2.24, 2.45) is 5.41 Å². The predicted octanol–water partition coefficient (Wildman–Crippen LogP) is 3.33. The van der Waals surface area contributed by atoms with Gasteiger partial charge in [0.15, 0.2) is 5.76 Å². The highest BCUT2D eigenvalue weighted by Crippen LogP contribution is 2.43. The van der Waals surface area contributed by atoms with Gasteiger partial charge in [0.25, 0.3) is 5.91 Å². The number of nitrogens with one attached hydrogen (secondary N) is 1. The summed E-state index contributed by atoms with van der Waals surface area (Å²) in [7, 11) is 0. The quantitative estimate of drug-likeness (QED) is 0.839. The number of nitrogens with two attached hydrogens (primary N) is 1. The van der Waals surface area contributed by atoms with E-state index in [1.54, 1.807) is 18.2 Å². The van der Waals surface area contributed by atoms with Crippen LogP contribution in [-0.4, -0.2) is 12.5 Å². The van der Waals surface area contributed by atoms with E-state index in [0.717, 1.165) is 18.4 Å². The zero-order chi connectivity index (χ0) is 14.2. The van der Waals surface area contributed by atoms with Crippen LogP contribution in [0.4, 0.5) is 5.69 Å². The number of amides is 1. The lowest BCUT2D eigenvalue weighted by Gasteiger charge is -2.41. The molecule has 1 aromatic heterocycles. The second-order valence-electron chi connectivity index (χ2n) is 5.80. The molecule has 0 bridgehead atoms. The maximum absolute atomic E-state index is 12.2. The summed E-state index contributed by atoms with van der Waals surface area (Å²) in [6, 6.07) is 7.13. The van der Waals surface area contributed by atoms with Crippen LogP contribution in [0.15, 0.2) is 28.7 Å². The van der Waals surface area contributed by atoms with Gasteiger partial charge in [0.1, 0.15) is 5.58 Å². The Bertz CT molecular complexity index is 635. The summed E-state index contributed by atoms with van der Waals surface area (Å²) >= 11 is 0. The SMILES string of the molecule is CCC1(CNC(=O)c2cc3cc(N)ccc3o2)CCC1. The largest absolute Gasteiger partial charge is 0.451 e. The number of furan rings is 1. The molecule has 1 aliphatic carbocycles. The smallest absolute Gasteiger partial charge is 0.287 e. The minimum absolute atomic E-state index is 0.139. The van der Waals surface area contributed by atoms with Gasteiger partial charge in [-0.25, -0.2) is 0 Å². The number of hydrogen-bond acceptors (Lipinski definition) is 3. The Morgan fingerprint density at radius 2 is 2.20 bits per heavy atom. The highest BCUT2D eigenvalue weighted by molar-refractivity contribution is 5.96. The highest BCUT2D eigenvalue weighted by atomic mass is 16.3. The molecule has 1 heterocycles. The molecule has 0 saturated heterocycles. The number of benzene rings is 1. The van der Waals surface area contributed by atoms with Crippen molar-refractivity contribution >= 4 is 22.6 Å². The fourth-order valence-corrected chi connectivity index (χ4v) is 2.86. The molecule has 0 spiro atoms. The molecule has 3 rings (SSSR count). The predicted molar refractivity (Wildman–Crippen MR) is 79.5 cm³/mol. The second-order valence-corrected chi connectivity index (χ2v) is 5.80. The van der Waals surface area contributed by atoms with Crippen LogP contribution >= 0.6 is 0 Å². The number of nitrogen functional groups attached to an aromatic ring is 1. The fourth-order valence-electron chi connectivity index (χ4n) is 2.86. The summed E-state index contributed by atoms with van der Waals surface area (Å²) < 4.78 is 5.57. The van der Waals surface area contributed by atoms with E-state index in [1.165, 1.54) is 19.3 Å². The monoisotopic (exact) mass is 272 g/mol. The maximum Gasteiger partial charge on any atom is 0.287 e. The number of rotatable bonds is 4. The minimum Gasteiger partial charge on any atom is -0.451 e. The molecule has 0 aliphatic heterocycles. The summed E-state index contributed by atoms with van der Waals surface area (Å²) in [5.41, 5.74) is 7.40.